The number of aliphatic carboxylic acids is 1. The molecular weight excluding hydrogens is 118 g/mol. The summed E-state index contributed by atoms with van der Waals surface area (Å²) in [4.78, 5) is 14.2. The fraction of sp³-hybridized carbons (Fsp3) is 0.667. The van der Waals surface area contributed by atoms with Crippen molar-refractivity contribution in [2.45, 2.75) is 6.42 Å². The van der Waals surface area contributed by atoms with Gasteiger partial charge in [-0.1, -0.05) is 0 Å². The molecule has 1 aliphatic carbocycles. The Labute approximate surface area is 52.4 Å². The molecule has 1 saturated carbocycles. The summed E-state index contributed by atoms with van der Waals surface area (Å²) in [5.74, 6) is 0.0959. The van der Waals surface area contributed by atoms with Crippen molar-refractivity contribution in [2.75, 3.05) is 6.54 Å². The van der Waals surface area contributed by atoms with Crippen LogP contribution in [0.25, 0.3) is 0 Å². The van der Waals surface area contributed by atoms with Gasteiger partial charge in [0.15, 0.2) is 0 Å². The number of aliphatic imine (C=N–C) groups is 1. The molecule has 0 aromatic heterocycles. The fourth-order valence-corrected chi connectivity index (χ4v) is 1.34. The van der Waals surface area contributed by atoms with Crippen molar-refractivity contribution in [3.05, 3.63) is 0 Å². The van der Waals surface area contributed by atoms with Crippen molar-refractivity contribution < 1.29 is 9.90 Å². The zero-order chi connectivity index (χ0) is 6.43. The molecule has 48 valence electrons. The minimum Gasteiger partial charge on any atom is -0.477 e. The van der Waals surface area contributed by atoms with Gasteiger partial charge in [0, 0.05) is 12.5 Å². The van der Waals surface area contributed by atoms with E-state index in [2.05, 4.69) is 4.99 Å². The summed E-state index contributed by atoms with van der Waals surface area (Å²) in [6.07, 6.45) is 1.06. The van der Waals surface area contributed by atoms with Crippen LogP contribution < -0.4 is 0 Å². The van der Waals surface area contributed by atoms with Crippen molar-refractivity contribution in [1.82, 2.24) is 0 Å². The smallest absolute Gasteiger partial charge is 0.350 e. The van der Waals surface area contributed by atoms with E-state index >= 15 is 0 Å². The predicted octanol–water partition coefficient (Wildman–Crippen LogP) is 0.162. The van der Waals surface area contributed by atoms with Crippen LogP contribution in [-0.4, -0.2) is 23.3 Å². The second-order valence-electron chi connectivity index (χ2n) is 2.63. The summed E-state index contributed by atoms with van der Waals surface area (Å²) >= 11 is 0. The molecule has 3 nitrogen and oxygen atoms in total. The Bertz CT molecular complexity index is 197. The van der Waals surface area contributed by atoms with Crippen LogP contribution in [0.5, 0.6) is 0 Å². The number of hydrogen-bond donors (Lipinski definition) is 1. The molecular formula is C6H7NO2. The molecule has 2 rings (SSSR count). The van der Waals surface area contributed by atoms with Crippen LogP contribution in [0.3, 0.4) is 0 Å². The zero-order valence-electron chi connectivity index (χ0n) is 4.87. The van der Waals surface area contributed by atoms with Gasteiger partial charge in [0.25, 0.3) is 0 Å². The van der Waals surface area contributed by atoms with Gasteiger partial charge in [0.2, 0.25) is 0 Å². The molecule has 2 atom stereocenters. The lowest BCUT2D eigenvalue weighted by Gasteiger charge is -1.89. The van der Waals surface area contributed by atoms with Gasteiger partial charge in [-0.15, -0.1) is 0 Å². The third-order valence-corrected chi connectivity index (χ3v) is 1.99. The number of hydrogen-bond acceptors (Lipinski definition) is 2. The highest BCUT2D eigenvalue weighted by molar-refractivity contribution is 6.37. The van der Waals surface area contributed by atoms with E-state index < -0.39 is 5.97 Å². The lowest BCUT2D eigenvalue weighted by atomic mass is 10.2. The summed E-state index contributed by atoms with van der Waals surface area (Å²) in [5.41, 5.74) is 0.417. The second kappa shape index (κ2) is 1.35. The molecule has 1 aliphatic heterocycles. The maximum atomic E-state index is 10.3. The van der Waals surface area contributed by atoms with E-state index in [0.29, 0.717) is 17.5 Å². The summed E-state index contributed by atoms with van der Waals surface area (Å²) in [6.45, 7) is 0.756. The summed E-state index contributed by atoms with van der Waals surface area (Å²) in [5, 5.41) is 8.48. The Hall–Kier alpha value is -0.860. The highest BCUT2D eigenvalue weighted by atomic mass is 16.4. The third-order valence-electron chi connectivity index (χ3n) is 1.99. The van der Waals surface area contributed by atoms with Crippen molar-refractivity contribution in [2.24, 2.45) is 16.8 Å². The topological polar surface area (TPSA) is 49.7 Å². The van der Waals surface area contributed by atoms with Crippen LogP contribution in [0, 0.1) is 11.8 Å². The van der Waals surface area contributed by atoms with E-state index in [1.165, 1.54) is 0 Å². The van der Waals surface area contributed by atoms with Gasteiger partial charge in [-0.3, -0.25) is 4.99 Å². The highest BCUT2D eigenvalue weighted by Crippen LogP contribution is 2.44. The Morgan fingerprint density at radius 1 is 1.78 bits per heavy atom. The van der Waals surface area contributed by atoms with Crippen molar-refractivity contribution in [3.8, 4) is 0 Å². The highest BCUT2D eigenvalue weighted by Gasteiger charge is 2.47. The molecule has 0 amide bonds. The van der Waals surface area contributed by atoms with E-state index in [4.69, 9.17) is 5.11 Å². The van der Waals surface area contributed by atoms with E-state index in [-0.39, 0.29) is 0 Å². The minimum absolute atomic E-state index is 0.322. The number of nitrogens with zero attached hydrogens (tertiary/aromatic N) is 1. The van der Waals surface area contributed by atoms with Crippen LogP contribution in [0.2, 0.25) is 0 Å². The number of carboxylic acid groups (broad SMARTS) is 1. The molecule has 1 fully saturated rings. The average Bonchev–Trinajstić information content (AvgIpc) is 2.43. The third kappa shape index (κ3) is 0.573. The van der Waals surface area contributed by atoms with Crippen LogP contribution in [-0.2, 0) is 4.79 Å². The standard InChI is InChI=1S/C6H7NO2/c8-6(9)5-4-1-3(4)2-7-5/h3-4H,1-2H2,(H,8,9). The van der Waals surface area contributed by atoms with Crippen molar-refractivity contribution in [3.63, 3.8) is 0 Å². The SMILES string of the molecule is O=C(O)C1=NCC2CC12. The quantitative estimate of drug-likeness (QED) is 0.542. The Morgan fingerprint density at radius 3 is 2.78 bits per heavy atom. The van der Waals surface area contributed by atoms with Gasteiger partial charge < -0.3 is 5.11 Å². The van der Waals surface area contributed by atoms with Gasteiger partial charge in [-0.2, -0.15) is 0 Å². The molecule has 2 unspecified atom stereocenters. The average molecular weight is 125 g/mol. The number of fused-ring (bicyclic) bond motifs is 1. The van der Waals surface area contributed by atoms with Crippen LogP contribution in [0.15, 0.2) is 4.99 Å². The Kier molecular flexibility index (Phi) is 0.743. The lowest BCUT2D eigenvalue weighted by molar-refractivity contribution is -0.129. The molecule has 0 aromatic rings. The number of rotatable bonds is 1. The second-order valence-corrected chi connectivity index (χ2v) is 2.63. The summed E-state index contributed by atoms with van der Waals surface area (Å²) in [7, 11) is 0. The van der Waals surface area contributed by atoms with E-state index in [1.54, 1.807) is 0 Å². The minimum atomic E-state index is -0.819. The van der Waals surface area contributed by atoms with Crippen LogP contribution in [0.1, 0.15) is 6.42 Å². The number of carboxylic acids is 1. The zero-order valence-corrected chi connectivity index (χ0v) is 4.87. The predicted molar refractivity (Wildman–Crippen MR) is 31.5 cm³/mol. The molecule has 0 bridgehead atoms. The summed E-state index contributed by atoms with van der Waals surface area (Å²) in [6, 6.07) is 0. The Balaban J connectivity index is 2.20. The molecule has 0 radical (unpaired) electrons. The van der Waals surface area contributed by atoms with Gasteiger partial charge in [0.05, 0.1) is 0 Å². The molecule has 1 heterocycles. The first-order valence-electron chi connectivity index (χ1n) is 3.06. The van der Waals surface area contributed by atoms with E-state index in [1.807, 2.05) is 0 Å². The molecule has 3 heteroatoms. The van der Waals surface area contributed by atoms with Crippen LogP contribution in [0.4, 0.5) is 0 Å². The first kappa shape index (κ1) is 4.97. The first-order chi connectivity index (χ1) is 4.29. The fourth-order valence-electron chi connectivity index (χ4n) is 1.34. The normalized spacial score (nSPS) is 37.6. The maximum Gasteiger partial charge on any atom is 0.350 e. The molecule has 0 spiro atoms. The van der Waals surface area contributed by atoms with Gasteiger partial charge in [-0.25, -0.2) is 4.79 Å². The van der Waals surface area contributed by atoms with E-state index in [9.17, 15) is 4.79 Å². The first-order valence-corrected chi connectivity index (χ1v) is 3.06. The molecule has 2 aliphatic rings. The van der Waals surface area contributed by atoms with Gasteiger partial charge >= 0.3 is 5.97 Å². The number of carbonyl (C=O) groups is 1. The lowest BCUT2D eigenvalue weighted by Crippen LogP contribution is -2.12. The molecule has 0 saturated heterocycles. The molecule has 9 heavy (non-hydrogen) atoms. The summed E-state index contributed by atoms with van der Waals surface area (Å²) < 4.78 is 0. The Morgan fingerprint density at radius 2 is 2.56 bits per heavy atom. The maximum absolute atomic E-state index is 10.3. The monoisotopic (exact) mass is 125 g/mol. The van der Waals surface area contributed by atoms with Crippen molar-refractivity contribution in [1.29, 1.82) is 0 Å². The van der Waals surface area contributed by atoms with Crippen LogP contribution >= 0.6 is 0 Å². The van der Waals surface area contributed by atoms with Crippen molar-refractivity contribution >= 4 is 11.7 Å². The van der Waals surface area contributed by atoms with Gasteiger partial charge in [-0.05, 0) is 12.3 Å². The largest absolute Gasteiger partial charge is 0.477 e. The van der Waals surface area contributed by atoms with Gasteiger partial charge in [0.1, 0.15) is 5.71 Å². The molecule has 0 aromatic carbocycles. The molecule has 1 N–H and O–H groups in total. The van der Waals surface area contributed by atoms with E-state index in [0.717, 1.165) is 13.0 Å².